The molecule has 1 unspecified atom stereocenters. The maximum absolute atomic E-state index is 16.4. The maximum atomic E-state index is 16.4. The first kappa shape index (κ1) is 37.3. The first-order chi connectivity index (χ1) is 26.3. The van der Waals surface area contributed by atoms with Crippen molar-refractivity contribution in [2.45, 2.75) is 50.8 Å². The summed E-state index contributed by atoms with van der Waals surface area (Å²) in [6, 6.07) is 19.9. The fourth-order valence-electron chi connectivity index (χ4n) is 7.15. The van der Waals surface area contributed by atoms with Crippen molar-refractivity contribution >= 4 is 11.4 Å². The highest BCUT2D eigenvalue weighted by Gasteiger charge is 2.58. The number of alkyl halides is 2. The third-order valence-electron chi connectivity index (χ3n) is 10.4. The normalized spacial score (nSPS) is 15.9. The number of benzene rings is 3. The lowest BCUT2D eigenvalue weighted by Gasteiger charge is -2.37. The molecule has 1 aliphatic heterocycles. The van der Waals surface area contributed by atoms with Crippen molar-refractivity contribution < 1.29 is 22.7 Å². The van der Waals surface area contributed by atoms with Crippen molar-refractivity contribution in [3.8, 4) is 16.8 Å². The second-order valence-electron chi connectivity index (χ2n) is 13.7. The van der Waals surface area contributed by atoms with E-state index in [4.69, 9.17) is 0 Å². The van der Waals surface area contributed by atoms with Gasteiger partial charge in [-0.3, -0.25) is 9.78 Å². The van der Waals surface area contributed by atoms with E-state index in [0.717, 1.165) is 74.4 Å². The number of nitrogens with one attached hydrogen (secondary N) is 1. The molecule has 3 aromatic heterocycles. The average molecular weight is 758 g/mol. The minimum Gasteiger partial charge on any atom is -0.391 e. The van der Waals surface area contributed by atoms with Gasteiger partial charge in [0.15, 0.2) is 5.54 Å². The van der Waals surface area contributed by atoms with Crippen LogP contribution in [0.2, 0.25) is 0 Å². The molecule has 1 saturated heterocycles. The highest BCUT2D eigenvalue weighted by molar-refractivity contribution is 5.66. The fourth-order valence-corrected chi connectivity index (χ4v) is 7.15. The van der Waals surface area contributed by atoms with E-state index in [1.807, 2.05) is 55.5 Å². The summed E-state index contributed by atoms with van der Waals surface area (Å²) in [7, 11) is 0. The maximum Gasteiger partial charge on any atom is 0.350 e. The van der Waals surface area contributed by atoms with Crippen LogP contribution in [0.5, 0.6) is 0 Å². The highest BCUT2D eigenvalue weighted by atomic mass is 19.3. The molecule has 7 rings (SSSR count). The molecule has 12 nitrogen and oxygen atoms in total. The second-order valence-corrected chi connectivity index (χ2v) is 13.7. The standard InChI is InChI=1S/C39H39F4N9O3/c1-4-34(25(2)53)51-37(55)50(24-46-51)31-13-11-30(12-14-31)49-19-17-48(18-20-49)29-9-5-26(6-10-29)27-7-16-35(44-22-27)39(42,43)38(3,52-45-23-36(54)47-52)32-15-8-28(40)21-33(32)41/h5-16,21-25,34,53H,4,17-20H2,1-3H3,(H,47,54)/t25-,34-,38?/m0/s1. The van der Waals surface area contributed by atoms with Gasteiger partial charge in [-0.15, -0.1) is 0 Å². The zero-order chi connectivity index (χ0) is 39.1. The number of H-pyrrole nitrogens is 1. The SMILES string of the molecule is CC[C@@H]([C@H](C)O)n1ncn(-c2ccc(N3CCN(c4ccc(-c5ccc(C(F)(F)C(C)(c6ccc(F)cc6F)n6ncc(=O)[nH]6)nc5)cc4)CC3)cc2)c1=O. The molecule has 3 atom stereocenters. The summed E-state index contributed by atoms with van der Waals surface area (Å²) in [6.07, 6.45) is 3.44. The van der Waals surface area contributed by atoms with Gasteiger partial charge in [-0.2, -0.15) is 23.8 Å². The van der Waals surface area contributed by atoms with Crippen LogP contribution in [0, 0.1) is 11.6 Å². The van der Waals surface area contributed by atoms with Gasteiger partial charge in [0, 0.05) is 60.9 Å². The Hall–Kier alpha value is -6.03. The van der Waals surface area contributed by atoms with Crippen LogP contribution < -0.4 is 21.0 Å². The second kappa shape index (κ2) is 14.7. The monoisotopic (exact) mass is 757 g/mol. The Morgan fingerprint density at radius 1 is 0.818 bits per heavy atom. The lowest BCUT2D eigenvalue weighted by molar-refractivity contribution is -0.108. The van der Waals surface area contributed by atoms with Crippen LogP contribution in [-0.4, -0.2) is 71.7 Å². The van der Waals surface area contributed by atoms with Crippen molar-refractivity contribution in [3.05, 3.63) is 141 Å². The summed E-state index contributed by atoms with van der Waals surface area (Å²) in [5.74, 6) is -6.10. The number of aromatic nitrogens is 7. The van der Waals surface area contributed by atoms with Gasteiger partial charge in [0.2, 0.25) is 0 Å². The van der Waals surface area contributed by atoms with Crippen LogP contribution >= 0.6 is 0 Å². The molecule has 3 aromatic carbocycles. The van der Waals surface area contributed by atoms with Crippen LogP contribution in [0.1, 0.15) is 44.5 Å². The summed E-state index contributed by atoms with van der Waals surface area (Å²) >= 11 is 0. The van der Waals surface area contributed by atoms with Gasteiger partial charge in [0.1, 0.15) is 29.9 Å². The van der Waals surface area contributed by atoms with E-state index in [1.54, 1.807) is 6.92 Å². The van der Waals surface area contributed by atoms with Crippen LogP contribution in [0.3, 0.4) is 0 Å². The molecule has 0 bridgehead atoms. The smallest absolute Gasteiger partial charge is 0.350 e. The Balaban J connectivity index is 1.02. The van der Waals surface area contributed by atoms with Gasteiger partial charge in [-0.05, 0) is 74.4 Å². The van der Waals surface area contributed by atoms with Crippen molar-refractivity contribution in [2.75, 3.05) is 36.0 Å². The van der Waals surface area contributed by atoms with Crippen molar-refractivity contribution in [3.63, 3.8) is 0 Å². The Labute approximate surface area is 312 Å². The summed E-state index contributed by atoms with van der Waals surface area (Å²) in [5.41, 5.74) is -0.953. The topological polar surface area (TPSA) is 130 Å². The molecule has 0 saturated carbocycles. The number of hydrogen-bond donors (Lipinski definition) is 2. The largest absolute Gasteiger partial charge is 0.391 e. The molecular formula is C39H39F4N9O3. The Bertz CT molecular complexity index is 2380. The number of nitrogens with zero attached hydrogens (tertiary/aromatic N) is 8. The van der Waals surface area contributed by atoms with Crippen LogP contribution in [0.15, 0.2) is 107 Å². The van der Waals surface area contributed by atoms with E-state index in [1.165, 1.54) is 27.8 Å². The number of hydrogen-bond acceptors (Lipinski definition) is 8. The quantitative estimate of drug-likeness (QED) is 0.167. The van der Waals surface area contributed by atoms with Gasteiger partial charge in [0.05, 0.1) is 17.8 Å². The molecule has 0 spiro atoms. The first-order valence-corrected chi connectivity index (χ1v) is 17.8. The summed E-state index contributed by atoms with van der Waals surface area (Å²) in [4.78, 5) is 34.0. The van der Waals surface area contributed by atoms with Gasteiger partial charge in [-0.1, -0.05) is 31.2 Å². The van der Waals surface area contributed by atoms with E-state index in [2.05, 4.69) is 30.1 Å². The minimum absolute atomic E-state index is 0.306. The molecule has 2 N–H and O–H groups in total. The average Bonchev–Trinajstić information content (AvgIpc) is 3.80. The molecule has 0 amide bonds. The highest BCUT2D eigenvalue weighted by Crippen LogP contribution is 2.47. The van der Waals surface area contributed by atoms with Gasteiger partial charge < -0.3 is 14.9 Å². The molecule has 6 aromatic rings. The van der Waals surface area contributed by atoms with E-state index < -0.39 is 52.1 Å². The Kier molecular flexibility index (Phi) is 9.94. The molecule has 55 heavy (non-hydrogen) atoms. The van der Waals surface area contributed by atoms with Crippen LogP contribution in [0.25, 0.3) is 16.8 Å². The lowest BCUT2D eigenvalue weighted by atomic mass is 9.83. The molecule has 0 aliphatic carbocycles. The number of rotatable bonds is 11. The number of halogens is 4. The predicted octanol–water partition coefficient (Wildman–Crippen LogP) is 5.47. The molecular weight excluding hydrogens is 718 g/mol. The summed E-state index contributed by atoms with van der Waals surface area (Å²) < 4.78 is 64.4. The Morgan fingerprint density at radius 2 is 1.42 bits per heavy atom. The molecule has 0 radical (unpaired) electrons. The van der Waals surface area contributed by atoms with E-state index in [9.17, 15) is 19.1 Å². The zero-order valence-corrected chi connectivity index (χ0v) is 30.3. The number of aliphatic hydroxyl groups is 1. The molecule has 1 aliphatic rings. The lowest BCUT2D eigenvalue weighted by Crippen LogP contribution is -2.49. The third-order valence-corrected chi connectivity index (χ3v) is 10.4. The number of anilines is 2. The van der Waals surface area contributed by atoms with Gasteiger partial charge in [0.25, 0.3) is 5.56 Å². The van der Waals surface area contributed by atoms with E-state index in [0.29, 0.717) is 28.5 Å². The zero-order valence-electron chi connectivity index (χ0n) is 30.3. The minimum atomic E-state index is -3.92. The summed E-state index contributed by atoms with van der Waals surface area (Å²) in [5, 5.41) is 20.2. The van der Waals surface area contributed by atoms with Gasteiger partial charge >= 0.3 is 11.6 Å². The first-order valence-electron chi connectivity index (χ1n) is 17.8. The number of aliphatic hydroxyl groups excluding tert-OH is 1. The molecule has 4 heterocycles. The van der Waals surface area contributed by atoms with Gasteiger partial charge in [-0.25, -0.2) is 27.9 Å². The van der Waals surface area contributed by atoms with Crippen LogP contribution in [-0.2, 0) is 11.5 Å². The molecule has 16 heteroatoms. The van der Waals surface area contributed by atoms with E-state index in [-0.39, 0.29) is 5.69 Å². The van der Waals surface area contributed by atoms with Crippen molar-refractivity contribution in [1.82, 2.24) is 34.3 Å². The number of piperazine rings is 1. The van der Waals surface area contributed by atoms with Crippen molar-refractivity contribution in [2.24, 2.45) is 0 Å². The molecule has 1 fully saturated rings. The Morgan fingerprint density at radius 3 is 1.95 bits per heavy atom. The predicted molar refractivity (Wildman–Crippen MR) is 199 cm³/mol. The van der Waals surface area contributed by atoms with E-state index >= 15 is 13.2 Å². The van der Waals surface area contributed by atoms with Crippen LogP contribution in [0.4, 0.5) is 28.9 Å². The molecule has 286 valence electrons. The van der Waals surface area contributed by atoms with Crippen molar-refractivity contribution in [1.29, 1.82) is 0 Å². The number of pyridine rings is 1. The fraction of sp³-hybridized carbons (Fsp3) is 0.308. The number of aromatic amines is 1. The third kappa shape index (κ3) is 6.81. The summed E-state index contributed by atoms with van der Waals surface area (Å²) in [6.45, 7) is 7.58.